The molecule has 3 aromatic carbocycles. The molecule has 8 nitrogen and oxygen atoms in total. The standard InChI is InChI=1S/C34H33N3O5S/c1-5-17-41-34(39)31-23(3)36-33(43-21-30(38)37-27-14-10-9-11-22(27)2)26(19-35)32(31)25-15-16-28(29(18-25)40-4)42-20-24-12-7-6-8-13-24/h5-16,18,32,36H,1,17,20-21H2,2-4H3,(H,37,38)/t32-/m0/s1. The van der Waals surface area contributed by atoms with Crippen molar-refractivity contribution in [3.8, 4) is 17.6 Å². The lowest BCUT2D eigenvalue weighted by Crippen LogP contribution is -2.29. The molecule has 1 aliphatic heterocycles. The quantitative estimate of drug-likeness (QED) is 0.183. The summed E-state index contributed by atoms with van der Waals surface area (Å²) in [6, 6.07) is 24.9. The van der Waals surface area contributed by atoms with E-state index in [0.29, 0.717) is 34.4 Å². The molecule has 4 rings (SSSR count). The maximum atomic E-state index is 13.3. The lowest BCUT2D eigenvalue weighted by molar-refractivity contribution is -0.138. The number of amides is 1. The van der Waals surface area contributed by atoms with Crippen LogP contribution in [-0.4, -0.2) is 31.3 Å². The van der Waals surface area contributed by atoms with Crippen molar-refractivity contribution in [1.82, 2.24) is 5.32 Å². The molecule has 0 aromatic heterocycles. The Kier molecular flexibility index (Phi) is 10.7. The molecule has 1 heterocycles. The average Bonchev–Trinajstić information content (AvgIpc) is 3.02. The van der Waals surface area contributed by atoms with Crippen LogP contribution in [0.1, 0.15) is 29.5 Å². The van der Waals surface area contributed by atoms with E-state index < -0.39 is 11.9 Å². The van der Waals surface area contributed by atoms with Crippen LogP contribution in [0, 0.1) is 18.3 Å². The maximum absolute atomic E-state index is 13.3. The molecule has 43 heavy (non-hydrogen) atoms. The highest BCUT2D eigenvalue weighted by Crippen LogP contribution is 2.43. The Bertz CT molecular complexity index is 1610. The van der Waals surface area contributed by atoms with Gasteiger partial charge in [0.05, 0.1) is 41.0 Å². The largest absolute Gasteiger partial charge is 0.493 e. The van der Waals surface area contributed by atoms with Gasteiger partial charge in [-0.15, -0.1) is 0 Å². The number of dihydropyridines is 1. The molecule has 0 unspecified atom stereocenters. The molecule has 1 atom stereocenters. The summed E-state index contributed by atoms with van der Waals surface area (Å²) in [6.07, 6.45) is 1.48. The maximum Gasteiger partial charge on any atom is 0.337 e. The Morgan fingerprint density at radius 2 is 1.81 bits per heavy atom. The summed E-state index contributed by atoms with van der Waals surface area (Å²) in [7, 11) is 1.53. The summed E-state index contributed by atoms with van der Waals surface area (Å²) in [4.78, 5) is 26.1. The van der Waals surface area contributed by atoms with Gasteiger partial charge in [0, 0.05) is 11.4 Å². The minimum absolute atomic E-state index is 0.0181. The third kappa shape index (κ3) is 7.67. The van der Waals surface area contributed by atoms with Crippen LogP contribution < -0.4 is 20.1 Å². The number of hydrogen-bond acceptors (Lipinski definition) is 8. The number of benzene rings is 3. The van der Waals surface area contributed by atoms with Gasteiger partial charge in [0.1, 0.15) is 13.2 Å². The molecular weight excluding hydrogens is 562 g/mol. The van der Waals surface area contributed by atoms with Gasteiger partial charge in [-0.3, -0.25) is 4.79 Å². The molecule has 9 heteroatoms. The van der Waals surface area contributed by atoms with Gasteiger partial charge < -0.3 is 24.8 Å². The van der Waals surface area contributed by atoms with Crippen LogP contribution in [0.5, 0.6) is 11.5 Å². The van der Waals surface area contributed by atoms with E-state index in [1.54, 1.807) is 25.1 Å². The van der Waals surface area contributed by atoms with Crippen LogP contribution in [0.3, 0.4) is 0 Å². The van der Waals surface area contributed by atoms with Crippen LogP contribution in [0.2, 0.25) is 0 Å². The number of allylic oxidation sites excluding steroid dienone is 2. The zero-order valence-corrected chi connectivity index (χ0v) is 25.1. The zero-order chi connectivity index (χ0) is 30.8. The summed E-state index contributed by atoms with van der Waals surface area (Å²) >= 11 is 1.19. The van der Waals surface area contributed by atoms with E-state index in [0.717, 1.165) is 16.8 Å². The molecule has 1 aliphatic rings. The monoisotopic (exact) mass is 595 g/mol. The third-order valence-corrected chi connectivity index (χ3v) is 7.74. The molecule has 0 aliphatic carbocycles. The first kappa shape index (κ1) is 31.0. The van der Waals surface area contributed by atoms with Gasteiger partial charge in [-0.25, -0.2) is 4.79 Å². The number of thioether (sulfide) groups is 1. The van der Waals surface area contributed by atoms with Crippen molar-refractivity contribution in [2.24, 2.45) is 0 Å². The molecule has 0 spiro atoms. The molecule has 0 bridgehead atoms. The van der Waals surface area contributed by atoms with Crippen molar-refractivity contribution in [2.45, 2.75) is 26.4 Å². The Hall–Kier alpha value is -4.94. The Morgan fingerprint density at radius 1 is 1.07 bits per heavy atom. The van der Waals surface area contributed by atoms with Crippen LogP contribution >= 0.6 is 11.8 Å². The molecule has 0 saturated heterocycles. The van der Waals surface area contributed by atoms with Crippen molar-refractivity contribution in [3.05, 3.63) is 124 Å². The van der Waals surface area contributed by atoms with E-state index in [2.05, 4.69) is 23.3 Å². The fourth-order valence-electron chi connectivity index (χ4n) is 4.60. The molecule has 0 saturated carbocycles. The summed E-state index contributed by atoms with van der Waals surface area (Å²) in [5, 5.41) is 16.9. The smallest absolute Gasteiger partial charge is 0.337 e. The molecule has 220 valence electrons. The topological polar surface area (TPSA) is 110 Å². The van der Waals surface area contributed by atoms with Crippen LogP contribution in [-0.2, 0) is 20.9 Å². The van der Waals surface area contributed by atoms with Crippen molar-refractivity contribution >= 4 is 29.3 Å². The third-order valence-electron chi connectivity index (χ3n) is 6.72. The van der Waals surface area contributed by atoms with Gasteiger partial charge in [-0.05, 0) is 48.7 Å². The van der Waals surface area contributed by atoms with E-state index in [1.165, 1.54) is 24.9 Å². The van der Waals surface area contributed by atoms with E-state index in [4.69, 9.17) is 14.2 Å². The molecular formula is C34H33N3O5S. The summed E-state index contributed by atoms with van der Waals surface area (Å²) < 4.78 is 17.1. The second-order valence-electron chi connectivity index (χ2n) is 9.67. The van der Waals surface area contributed by atoms with E-state index in [-0.39, 0.29) is 29.4 Å². The number of anilines is 1. The Balaban J connectivity index is 1.65. The second-order valence-corrected chi connectivity index (χ2v) is 10.7. The number of ether oxygens (including phenoxy) is 3. The average molecular weight is 596 g/mol. The number of nitrogens with one attached hydrogen (secondary N) is 2. The van der Waals surface area contributed by atoms with Crippen molar-refractivity contribution in [1.29, 1.82) is 5.26 Å². The number of aryl methyl sites for hydroxylation is 1. The van der Waals surface area contributed by atoms with Gasteiger partial charge in [-0.2, -0.15) is 5.26 Å². The van der Waals surface area contributed by atoms with Gasteiger partial charge in [0.2, 0.25) is 5.91 Å². The fraction of sp³-hybridized carbons (Fsp3) is 0.206. The minimum atomic E-state index is -0.775. The van der Waals surface area contributed by atoms with Crippen LogP contribution in [0.4, 0.5) is 5.69 Å². The molecule has 1 amide bonds. The molecule has 0 fully saturated rings. The number of carbonyl (C=O) groups is 2. The second kappa shape index (κ2) is 14.8. The number of nitriles is 1. The normalized spacial score (nSPS) is 14.3. The minimum Gasteiger partial charge on any atom is -0.493 e. The number of rotatable bonds is 12. The predicted molar refractivity (Wildman–Crippen MR) is 168 cm³/mol. The number of nitrogens with zero attached hydrogens (tertiary/aromatic N) is 1. The Morgan fingerprint density at radius 3 is 2.51 bits per heavy atom. The van der Waals surface area contributed by atoms with Gasteiger partial charge in [0.25, 0.3) is 0 Å². The van der Waals surface area contributed by atoms with Crippen LogP contribution in [0.15, 0.2) is 107 Å². The zero-order valence-electron chi connectivity index (χ0n) is 24.3. The summed E-state index contributed by atoms with van der Waals surface area (Å²) in [5.41, 5.74) is 4.39. The first-order chi connectivity index (χ1) is 20.9. The number of esters is 1. The van der Waals surface area contributed by atoms with Crippen molar-refractivity contribution in [3.63, 3.8) is 0 Å². The van der Waals surface area contributed by atoms with Gasteiger partial charge >= 0.3 is 5.97 Å². The molecule has 2 N–H and O–H groups in total. The molecule has 0 radical (unpaired) electrons. The summed E-state index contributed by atoms with van der Waals surface area (Å²) in [6.45, 7) is 7.65. The number of methoxy groups -OCH3 is 1. The lowest BCUT2D eigenvalue weighted by atomic mass is 9.82. The van der Waals surface area contributed by atoms with E-state index in [1.807, 2.05) is 61.5 Å². The van der Waals surface area contributed by atoms with Gasteiger partial charge in [-0.1, -0.05) is 79.0 Å². The predicted octanol–water partition coefficient (Wildman–Crippen LogP) is 6.38. The highest BCUT2D eigenvalue weighted by atomic mass is 32.2. The summed E-state index contributed by atoms with van der Waals surface area (Å²) in [5.74, 6) is -0.553. The van der Waals surface area contributed by atoms with E-state index in [9.17, 15) is 14.9 Å². The van der Waals surface area contributed by atoms with Gasteiger partial charge in [0.15, 0.2) is 11.5 Å². The first-order valence-electron chi connectivity index (χ1n) is 13.6. The number of carbonyl (C=O) groups excluding carboxylic acids is 2. The fourth-order valence-corrected chi connectivity index (χ4v) is 5.49. The highest BCUT2D eigenvalue weighted by molar-refractivity contribution is 8.03. The van der Waals surface area contributed by atoms with Crippen molar-refractivity contribution in [2.75, 3.05) is 24.8 Å². The number of para-hydroxylation sites is 1. The van der Waals surface area contributed by atoms with Crippen LogP contribution in [0.25, 0.3) is 0 Å². The SMILES string of the molecule is C=CCOC(=O)C1=C(C)NC(SCC(=O)Nc2ccccc2C)=C(C#N)[C@@H]1c1ccc(OCc2ccccc2)c(OC)c1. The first-order valence-corrected chi connectivity index (χ1v) is 14.6. The van der Waals surface area contributed by atoms with E-state index >= 15 is 0 Å². The Labute approximate surface area is 256 Å². The highest BCUT2D eigenvalue weighted by Gasteiger charge is 2.36. The van der Waals surface area contributed by atoms with Crippen molar-refractivity contribution < 1.29 is 23.8 Å². The molecule has 3 aromatic rings. The number of hydrogen-bond donors (Lipinski definition) is 2. The lowest BCUT2D eigenvalue weighted by Gasteiger charge is -2.29.